The highest BCUT2D eigenvalue weighted by Crippen LogP contribution is 2.28. The van der Waals surface area contributed by atoms with Crippen molar-refractivity contribution in [3.8, 4) is 5.75 Å². The Labute approximate surface area is 197 Å². The molecule has 32 heavy (non-hydrogen) atoms. The third-order valence-corrected chi connectivity index (χ3v) is 5.51. The molecule has 0 radical (unpaired) electrons. The Balaban J connectivity index is 1.55. The van der Waals surface area contributed by atoms with E-state index in [1.165, 1.54) is 6.08 Å². The first-order chi connectivity index (χ1) is 15.4. The molecule has 1 aliphatic rings. The van der Waals surface area contributed by atoms with Gasteiger partial charge in [-0.3, -0.25) is 14.9 Å². The lowest BCUT2D eigenvalue weighted by Crippen LogP contribution is -2.54. The maximum Gasteiger partial charge on any atom is 0.335 e. The second-order valence-electron chi connectivity index (χ2n) is 6.90. The number of carbonyl (C=O) groups is 3. The van der Waals surface area contributed by atoms with Gasteiger partial charge in [0.25, 0.3) is 11.8 Å². The van der Waals surface area contributed by atoms with E-state index in [2.05, 4.69) is 21.2 Å². The SMILES string of the molecule is O=C1NC(=O)N(c2ccccc2)C(=O)/C1=C/c1ccc(OCc2ccc(Br)cc2)c(Cl)c1. The van der Waals surface area contributed by atoms with Gasteiger partial charge >= 0.3 is 6.03 Å². The van der Waals surface area contributed by atoms with E-state index in [-0.39, 0.29) is 5.57 Å². The average molecular weight is 512 g/mol. The molecule has 6 nitrogen and oxygen atoms in total. The van der Waals surface area contributed by atoms with Gasteiger partial charge in [0.15, 0.2) is 0 Å². The fraction of sp³-hybridized carbons (Fsp3) is 0.0417. The number of barbiturate groups is 1. The van der Waals surface area contributed by atoms with Crippen LogP contribution in [-0.2, 0) is 16.2 Å². The summed E-state index contributed by atoms with van der Waals surface area (Å²) >= 11 is 9.74. The fourth-order valence-electron chi connectivity index (χ4n) is 3.10. The third kappa shape index (κ3) is 4.74. The molecule has 1 N–H and O–H groups in total. The molecule has 0 spiro atoms. The number of rotatable bonds is 5. The minimum atomic E-state index is -0.793. The van der Waals surface area contributed by atoms with Gasteiger partial charge in [0.2, 0.25) is 0 Å². The summed E-state index contributed by atoms with van der Waals surface area (Å²) in [7, 11) is 0. The number of anilines is 1. The van der Waals surface area contributed by atoms with E-state index < -0.39 is 17.8 Å². The van der Waals surface area contributed by atoms with Gasteiger partial charge in [-0.2, -0.15) is 0 Å². The smallest absolute Gasteiger partial charge is 0.335 e. The normalized spacial score (nSPS) is 15.1. The van der Waals surface area contributed by atoms with Crippen LogP contribution in [0.5, 0.6) is 5.75 Å². The molecule has 0 saturated carbocycles. The van der Waals surface area contributed by atoms with Crippen LogP contribution >= 0.6 is 27.5 Å². The van der Waals surface area contributed by atoms with Crippen LogP contribution in [0.25, 0.3) is 6.08 Å². The molecule has 1 fully saturated rings. The van der Waals surface area contributed by atoms with Gasteiger partial charge in [-0.25, -0.2) is 9.69 Å². The first-order valence-corrected chi connectivity index (χ1v) is 10.7. The highest BCUT2D eigenvalue weighted by atomic mass is 79.9. The van der Waals surface area contributed by atoms with E-state index in [0.717, 1.165) is 14.9 Å². The number of nitrogens with zero attached hydrogens (tertiary/aromatic N) is 1. The number of hydrogen-bond acceptors (Lipinski definition) is 4. The maximum atomic E-state index is 12.9. The lowest BCUT2D eigenvalue weighted by atomic mass is 10.1. The Morgan fingerprint density at radius 2 is 1.69 bits per heavy atom. The number of carbonyl (C=O) groups excluding carboxylic acids is 3. The van der Waals surface area contributed by atoms with Crippen molar-refractivity contribution in [3.05, 3.63) is 99.0 Å². The zero-order valence-electron chi connectivity index (χ0n) is 16.5. The molecular weight excluding hydrogens is 496 g/mol. The first kappa shape index (κ1) is 21.8. The lowest BCUT2D eigenvalue weighted by Gasteiger charge is -2.26. The number of ether oxygens (including phenoxy) is 1. The van der Waals surface area contributed by atoms with Crippen molar-refractivity contribution in [1.29, 1.82) is 0 Å². The number of amides is 4. The molecule has 0 aliphatic carbocycles. The standard InChI is InChI=1S/C24H16BrClN2O4/c25-17-9-6-15(7-10-17)14-32-21-11-8-16(13-20(21)26)12-19-22(29)27-24(31)28(23(19)30)18-4-2-1-3-5-18/h1-13H,14H2,(H,27,29,31)/b19-12+. The number of imide groups is 2. The molecule has 1 saturated heterocycles. The number of benzene rings is 3. The van der Waals surface area contributed by atoms with Crippen LogP contribution in [0, 0.1) is 0 Å². The summed E-state index contributed by atoms with van der Waals surface area (Å²) in [5.74, 6) is -1.01. The van der Waals surface area contributed by atoms with Crippen molar-refractivity contribution in [3.63, 3.8) is 0 Å². The van der Waals surface area contributed by atoms with Gasteiger partial charge in [-0.15, -0.1) is 0 Å². The summed E-state index contributed by atoms with van der Waals surface area (Å²) < 4.78 is 6.75. The zero-order valence-corrected chi connectivity index (χ0v) is 18.9. The zero-order chi connectivity index (χ0) is 22.7. The number of urea groups is 1. The number of hydrogen-bond donors (Lipinski definition) is 1. The predicted molar refractivity (Wildman–Crippen MR) is 125 cm³/mol. The Bertz CT molecular complexity index is 1230. The highest BCUT2D eigenvalue weighted by molar-refractivity contribution is 9.10. The molecule has 0 bridgehead atoms. The van der Waals surface area contributed by atoms with Crippen molar-refractivity contribution in [2.24, 2.45) is 0 Å². The van der Waals surface area contributed by atoms with Crippen molar-refractivity contribution >= 4 is 57.1 Å². The van der Waals surface area contributed by atoms with E-state index in [1.54, 1.807) is 48.5 Å². The van der Waals surface area contributed by atoms with Crippen molar-refractivity contribution in [2.75, 3.05) is 4.90 Å². The second kappa shape index (κ2) is 9.38. The van der Waals surface area contributed by atoms with Crippen LogP contribution in [-0.4, -0.2) is 17.8 Å². The molecule has 160 valence electrons. The summed E-state index contributed by atoms with van der Waals surface area (Å²) in [6, 6.07) is 20.2. The van der Waals surface area contributed by atoms with Crippen molar-refractivity contribution < 1.29 is 19.1 Å². The van der Waals surface area contributed by atoms with Gasteiger partial charge in [0.05, 0.1) is 10.7 Å². The van der Waals surface area contributed by atoms with Crippen molar-refractivity contribution in [1.82, 2.24) is 5.32 Å². The average Bonchev–Trinajstić information content (AvgIpc) is 2.78. The van der Waals surface area contributed by atoms with E-state index in [0.29, 0.717) is 28.6 Å². The third-order valence-electron chi connectivity index (χ3n) is 4.69. The van der Waals surface area contributed by atoms with Gasteiger partial charge in [-0.1, -0.05) is 63.9 Å². The Morgan fingerprint density at radius 1 is 0.969 bits per heavy atom. The molecule has 0 unspecified atom stereocenters. The molecule has 3 aromatic carbocycles. The van der Waals surface area contributed by atoms with Gasteiger partial charge < -0.3 is 4.74 Å². The topological polar surface area (TPSA) is 75.7 Å². The van der Waals surface area contributed by atoms with Gasteiger partial charge in [0, 0.05) is 4.47 Å². The van der Waals surface area contributed by atoms with Crippen LogP contribution in [0.3, 0.4) is 0 Å². The van der Waals surface area contributed by atoms with E-state index in [1.807, 2.05) is 24.3 Å². The summed E-state index contributed by atoms with van der Waals surface area (Å²) in [6.45, 7) is 0.336. The molecule has 4 amide bonds. The Kier molecular flexibility index (Phi) is 6.39. The van der Waals surface area contributed by atoms with Crippen LogP contribution in [0.15, 0.2) is 82.8 Å². The summed E-state index contributed by atoms with van der Waals surface area (Å²) in [6.07, 6.45) is 1.39. The largest absolute Gasteiger partial charge is 0.487 e. The molecule has 3 aromatic rings. The van der Waals surface area contributed by atoms with Crippen LogP contribution in [0.2, 0.25) is 5.02 Å². The van der Waals surface area contributed by atoms with Gasteiger partial charge in [0.1, 0.15) is 17.9 Å². The van der Waals surface area contributed by atoms with Crippen LogP contribution < -0.4 is 15.0 Å². The Hall–Kier alpha value is -3.42. The Morgan fingerprint density at radius 3 is 2.38 bits per heavy atom. The van der Waals surface area contributed by atoms with Crippen LogP contribution in [0.1, 0.15) is 11.1 Å². The minimum absolute atomic E-state index is 0.173. The maximum absolute atomic E-state index is 12.9. The minimum Gasteiger partial charge on any atom is -0.487 e. The molecular formula is C24H16BrClN2O4. The molecule has 0 aromatic heterocycles. The van der Waals surface area contributed by atoms with E-state index in [9.17, 15) is 14.4 Å². The first-order valence-electron chi connectivity index (χ1n) is 9.55. The van der Waals surface area contributed by atoms with Gasteiger partial charge in [-0.05, 0) is 53.6 Å². The highest BCUT2D eigenvalue weighted by Gasteiger charge is 2.36. The van der Waals surface area contributed by atoms with E-state index >= 15 is 0 Å². The monoisotopic (exact) mass is 510 g/mol. The number of para-hydroxylation sites is 1. The van der Waals surface area contributed by atoms with Crippen molar-refractivity contribution in [2.45, 2.75) is 6.61 Å². The van der Waals surface area contributed by atoms with E-state index in [4.69, 9.17) is 16.3 Å². The van der Waals surface area contributed by atoms with Crippen LogP contribution in [0.4, 0.5) is 10.5 Å². The lowest BCUT2D eigenvalue weighted by molar-refractivity contribution is -0.122. The molecule has 1 aliphatic heterocycles. The molecule has 0 atom stereocenters. The quantitative estimate of drug-likeness (QED) is 0.370. The number of halogens is 2. The molecule has 1 heterocycles. The fourth-order valence-corrected chi connectivity index (χ4v) is 3.61. The molecule has 4 rings (SSSR count). The molecule has 8 heteroatoms. The second-order valence-corrected chi connectivity index (χ2v) is 8.22. The predicted octanol–water partition coefficient (Wildman–Crippen LogP) is 5.35. The summed E-state index contributed by atoms with van der Waals surface area (Å²) in [4.78, 5) is 38.4. The summed E-state index contributed by atoms with van der Waals surface area (Å²) in [5.41, 5.74) is 1.69. The summed E-state index contributed by atoms with van der Waals surface area (Å²) in [5, 5.41) is 2.52. The number of nitrogens with one attached hydrogen (secondary N) is 1.